The molecule has 0 atom stereocenters. The van der Waals surface area contributed by atoms with Crippen LogP contribution >= 0.6 is 15.9 Å². The van der Waals surface area contributed by atoms with Crippen molar-refractivity contribution >= 4 is 21.7 Å². The number of allylic oxidation sites excluding steroid dienone is 2. The van der Waals surface area contributed by atoms with Gasteiger partial charge in [0.05, 0.1) is 5.76 Å². The molecule has 1 aromatic rings. The summed E-state index contributed by atoms with van der Waals surface area (Å²) in [5.74, 6) is 0.0179. The molecule has 0 aliphatic carbocycles. The maximum absolute atomic E-state index is 11.4. The van der Waals surface area contributed by atoms with Gasteiger partial charge in [-0.2, -0.15) is 0 Å². The van der Waals surface area contributed by atoms with Gasteiger partial charge in [0.25, 0.3) is 0 Å². The van der Waals surface area contributed by atoms with Gasteiger partial charge in [-0.15, -0.1) is 0 Å². The number of halogens is 1. The predicted molar refractivity (Wildman–Crippen MR) is 73.3 cm³/mol. The molecule has 1 aromatic carbocycles. The molecule has 0 spiro atoms. The Morgan fingerprint density at radius 1 is 1.35 bits per heavy atom. The Morgan fingerprint density at radius 2 is 1.94 bits per heavy atom. The third kappa shape index (κ3) is 4.35. The summed E-state index contributed by atoms with van der Waals surface area (Å²) < 4.78 is 1.04. The first-order valence-electron chi connectivity index (χ1n) is 5.56. The highest BCUT2D eigenvalue weighted by atomic mass is 79.9. The highest BCUT2D eigenvalue weighted by molar-refractivity contribution is 9.10. The first-order chi connectivity index (χ1) is 7.90. The molecule has 3 heteroatoms. The second kappa shape index (κ2) is 6.01. The van der Waals surface area contributed by atoms with E-state index in [4.69, 9.17) is 5.11 Å². The minimum Gasteiger partial charge on any atom is -0.512 e. The third-order valence-corrected chi connectivity index (χ3v) is 3.41. The quantitative estimate of drug-likeness (QED) is 0.673. The molecule has 92 valence electrons. The first-order valence-corrected chi connectivity index (χ1v) is 6.35. The number of aliphatic hydroxyl groups excluding tert-OH is 1. The first kappa shape index (κ1) is 14.0. The average Bonchev–Trinajstić information content (AvgIpc) is 2.20. The van der Waals surface area contributed by atoms with Crippen molar-refractivity contribution in [2.24, 2.45) is 0 Å². The van der Waals surface area contributed by atoms with Gasteiger partial charge in [-0.25, -0.2) is 0 Å². The summed E-state index contributed by atoms with van der Waals surface area (Å²) in [5, 5.41) is 8.99. The van der Waals surface area contributed by atoms with E-state index in [1.165, 1.54) is 24.1 Å². The summed E-state index contributed by atoms with van der Waals surface area (Å²) in [6, 6.07) is 4.17. The van der Waals surface area contributed by atoms with Crippen molar-refractivity contribution in [2.75, 3.05) is 0 Å². The fraction of sp³-hybridized carbons (Fsp3) is 0.357. The zero-order valence-electron chi connectivity index (χ0n) is 10.4. The van der Waals surface area contributed by atoms with Crippen LogP contribution in [0.2, 0.25) is 0 Å². The molecule has 0 saturated heterocycles. The van der Waals surface area contributed by atoms with E-state index in [0.29, 0.717) is 12.8 Å². The van der Waals surface area contributed by atoms with E-state index in [1.807, 2.05) is 0 Å². The van der Waals surface area contributed by atoms with Crippen molar-refractivity contribution in [3.63, 3.8) is 0 Å². The summed E-state index contributed by atoms with van der Waals surface area (Å²) in [6.07, 6.45) is 2.37. The van der Waals surface area contributed by atoms with Crippen LogP contribution in [-0.2, 0) is 11.2 Å². The Bertz CT molecular complexity index is 458. The van der Waals surface area contributed by atoms with E-state index in [1.54, 1.807) is 0 Å². The highest BCUT2D eigenvalue weighted by Crippen LogP contribution is 2.22. The SMILES string of the molecule is C/C(O)=C/C(=O)CCc1cc(C)c(C)cc1Br. The van der Waals surface area contributed by atoms with Crippen LogP contribution in [0.1, 0.15) is 30.0 Å². The van der Waals surface area contributed by atoms with Crippen LogP contribution in [0.4, 0.5) is 0 Å². The van der Waals surface area contributed by atoms with Gasteiger partial charge < -0.3 is 5.11 Å². The maximum Gasteiger partial charge on any atom is 0.159 e. The third-order valence-electron chi connectivity index (χ3n) is 2.67. The van der Waals surface area contributed by atoms with Crippen LogP contribution < -0.4 is 0 Å². The monoisotopic (exact) mass is 296 g/mol. The van der Waals surface area contributed by atoms with Crippen molar-refractivity contribution in [3.05, 3.63) is 45.1 Å². The van der Waals surface area contributed by atoms with Gasteiger partial charge in [0.15, 0.2) is 5.78 Å². The molecule has 0 radical (unpaired) electrons. The summed E-state index contributed by atoms with van der Waals surface area (Å²) in [5.41, 5.74) is 3.59. The molecule has 2 nitrogen and oxygen atoms in total. The zero-order valence-corrected chi connectivity index (χ0v) is 12.0. The lowest BCUT2D eigenvalue weighted by molar-refractivity contribution is -0.114. The van der Waals surface area contributed by atoms with Crippen molar-refractivity contribution in [1.29, 1.82) is 0 Å². The van der Waals surface area contributed by atoms with E-state index in [-0.39, 0.29) is 11.5 Å². The molecule has 0 heterocycles. The van der Waals surface area contributed by atoms with Gasteiger partial charge in [0.1, 0.15) is 0 Å². The van der Waals surface area contributed by atoms with Crippen LogP contribution in [0.15, 0.2) is 28.4 Å². The molecule has 1 N–H and O–H groups in total. The van der Waals surface area contributed by atoms with Gasteiger partial charge in [-0.05, 0) is 49.9 Å². The van der Waals surface area contributed by atoms with Crippen LogP contribution in [-0.4, -0.2) is 10.9 Å². The zero-order chi connectivity index (χ0) is 13.0. The van der Waals surface area contributed by atoms with E-state index < -0.39 is 0 Å². The Labute approximate surface area is 110 Å². The highest BCUT2D eigenvalue weighted by Gasteiger charge is 2.05. The van der Waals surface area contributed by atoms with Gasteiger partial charge in [0, 0.05) is 17.0 Å². The molecule has 0 amide bonds. The molecule has 0 fully saturated rings. The number of rotatable bonds is 4. The predicted octanol–water partition coefficient (Wildman–Crippen LogP) is 4.03. The minimum absolute atomic E-state index is 0.0462. The minimum atomic E-state index is -0.0462. The normalized spacial score (nSPS) is 11.6. The van der Waals surface area contributed by atoms with Gasteiger partial charge in [-0.1, -0.05) is 22.0 Å². The largest absolute Gasteiger partial charge is 0.512 e. The van der Waals surface area contributed by atoms with Crippen molar-refractivity contribution in [1.82, 2.24) is 0 Å². The van der Waals surface area contributed by atoms with E-state index >= 15 is 0 Å². The summed E-state index contributed by atoms with van der Waals surface area (Å²) >= 11 is 3.51. The number of aryl methyl sites for hydroxylation is 3. The molecule has 1 rings (SSSR count). The standard InChI is InChI=1S/C14H17BrO2/c1-9-6-12(14(15)7-10(9)2)4-5-13(17)8-11(3)16/h6-8,16H,4-5H2,1-3H3/b11-8-. The maximum atomic E-state index is 11.4. The molecular formula is C14H17BrO2. The number of carbonyl (C=O) groups excluding carboxylic acids is 1. The molecule has 0 unspecified atom stereocenters. The topological polar surface area (TPSA) is 37.3 Å². The Hall–Kier alpha value is -1.09. The molecule has 17 heavy (non-hydrogen) atoms. The summed E-state index contributed by atoms with van der Waals surface area (Å²) in [6.45, 7) is 5.63. The summed E-state index contributed by atoms with van der Waals surface area (Å²) in [4.78, 5) is 11.4. The van der Waals surface area contributed by atoms with Crippen LogP contribution in [0, 0.1) is 13.8 Å². The fourth-order valence-electron chi connectivity index (χ4n) is 1.60. The molecule has 0 bridgehead atoms. The lowest BCUT2D eigenvalue weighted by Crippen LogP contribution is -1.99. The average molecular weight is 297 g/mol. The lowest BCUT2D eigenvalue weighted by Gasteiger charge is -2.07. The van der Waals surface area contributed by atoms with E-state index in [0.717, 1.165) is 10.0 Å². The Balaban J connectivity index is 2.73. The van der Waals surface area contributed by atoms with Gasteiger partial charge in [0.2, 0.25) is 0 Å². The summed E-state index contributed by atoms with van der Waals surface area (Å²) in [7, 11) is 0. The van der Waals surface area contributed by atoms with E-state index in [2.05, 4.69) is 41.9 Å². The number of hydrogen-bond donors (Lipinski definition) is 1. The van der Waals surface area contributed by atoms with Crippen molar-refractivity contribution < 1.29 is 9.90 Å². The lowest BCUT2D eigenvalue weighted by atomic mass is 10.0. The smallest absolute Gasteiger partial charge is 0.159 e. The molecule has 0 aliphatic heterocycles. The molecule has 0 saturated carbocycles. The Morgan fingerprint density at radius 3 is 2.53 bits per heavy atom. The number of carbonyl (C=O) groups is 1. The van der Waals surface area contributed by atoms with Crippen LogP contribution in [0.3, 0.4) is 0 Å². The van der Waals surface area contributed by atoms with E-state index in [9.17, 15) is 4.79 Å². The second-order valence-corrected chi connectivity index (χ2v) is 5.13. The molecule has 0 aromatic heterocycles. The number of benzene rings is 1. The second-order valence-electron chi connectivity index (χ2n) is 4.28. The number of ketones is 1. The molecule has 0 aliphatic rings. The van der Waals surface area contributed by atoms with Crippen LogP contribution in [0.25, 0.3) is 0 Å². The van der Waals surface area contributed by atoms with Crippen molar-refractivity contribution in [2.45, 2.75) is 33.6 Å². The number of aliphatic hydroxyl groups is 1. The van der Waals surface area contributed by atoms with Gasteiger partial charge >= 0.3 is 0 Å². The fourth-order valence-corrected chi connectivity index (χ4v) is 2.25. The Kier molecular flexibility index (Phi) is 4.94. The van der Waals surface area contributed by atoms with Gasteiger partial charge in [-0.3, -0.25) is 4.79 Å². The van der Waals surface area contributed by atoms with Crippen molar-refractivity contribution in [3.8, 4) is 0 Å². The molecular weight excluding hydrogens is 280 g/mol. The van der Waals surface area contributed by atoms with Crippen LogP contribution in [0.5, 0.6) is 0 Å². The number of hydrogen-bond acceptors (Lipinski definition) is 2.